The summed E-state index contributed by atoms with van der Waals surface area (Å²) in [5.41, 5.74) is 2.14. The summed E-state index contributed by atoms with van der Waals surface area (Å²) in [5, 5.41) is 15.5. The summed E-state index contributed by atoms with van der Waals surface area (Å²) in [5.74, 6) is -1.19. The van der Waals surface area contributed by atoms with Crippen LogP contribution in [0.15, 0.2) is 42.5 Å². The zero-order valence-electron chi connectivity index (χ0n) is 14.4. The highest BCUT2D eigenvalue weighted by molar-refractivity contribution is 5.93. The number of anilines is 1. The van der Waals surface area contributed by atoms with E-state index >= 15 is 0 Å². The smallest absolute Gasteiger partial charge is 0.306 e. The number of nitro benzene ring substituents is 1. The largest absolute Gasteiger partial charge is 0.330 e. The number of carbonyl (C=O) groups excluding carboxylic acids is 1. The van der Waals surface area contributed by atoms with Crippen molar-refractivity contribution in [2.75, 3.05) is 5.32 Å². The lowest BCUT2D eigenvalue weighted by Crippen LogP contribution is -2.92. The Kier molecular flexibility index (Phi) is 5.27. The molecule has 136 valence electrons. The summed E-state index contributed by atoms with van der Waals surface area (Å²) in [4.78, 5) is 22.5. The number of quaternary nitrogens is 1. The molecule has 3 rings (SSSR count). The Morgan fingerprint density at radius 3 is 2.88 bits per heavy atom. The van der Waals surface area contributed by atoms with Gasteiger partial charge < -0.3 is 10.6 Å². The van der Waals surface area contributed by atoms with Crippen LogP contribution in [0.25, 0.3) is 0 Å². The number of aryl methyl sites for hydroxylation is 1. The third-order valence-electron chi connectivity index (χ3n) is 4.76. The SMILES string of the molecule is C[C@H]([NH2+][C@H]1CCCc2ccccc21)C(=O)Nc1ccc(F)c([N+](=O)[O-])c1. The zero-order valence-corrected chi connectivity index (χ0v) is 14.4. The number of nitrogens with two attached hydrogens (primary N) is 1. The minimum atomic E-state index is -0.925. The molecule has 0 spiro atoms. The maximum Gasteiger partial charge on any atom is 0.306 e. The van der Waals surface area contributed by atoms with Crippen molar-refractivity contribution in [2.24, 2.45) is 0 Å². The van der Waals surface area contributed by atoms with Crippen LogP contribution in [0.5, 0.6) is 0 Å². The van der Waals surface area contributed by atoms with Crippen molar-refractivity contribution < 1.29 is 19.4 Å². The van der Waals surface area contributed by atoms with Gasteiger partial charge in [0.2, 0.25) is 5.82 Å². The van der Waals surface area contributed by atoms with E-state index in [9.17, 15) is 19.3 Å². The second-order valence-electron chi connectivity index (χ2n) is 6.59. The van der Waals surface area contributed by atoms with Gasteiger partial charge in [0.25, 0.3) is 5.91 Å². The van der Waals surface area contributed by atoms with E-state index in [4.69, 9.17) is 0 Å². The molecule has 2 aromatic rings. The van der Waals surface area contributed by atoms with Gasteiger partial charge in [-0.25, -0.2) is 0 Å². The number of fused-ring (bicyclic) bond motifs is 1. The van der Waals surface area contributed by atoms with Gasteiger partial charge in [0.15, 0.2) is 6.04 Å². The lowest BCUT2D eigenvalue weighted by molar-refractivity contribution is -0.714. The summed E-state index contributed by atoms with van der Waals surface area (Å²) in [6.07, 6.45) is 3.13. The number of hydrogen-bond acceptors (Lipinski definition) is 3. The molecule has 0 aliphatic heterocycles. The van der Waals surface area contributed by atoms with Gasteiger partial charge in [0, 0.05) is 23.7 Å². The summed E-state index contributed by atoms with van der Waals surface area (Å²) in [6, 6.07) is 11.4. The summed E-state index contributed by atoms with van der Waals surface area (Å²) < 4.78 is 13.4. The molecular weight excluding hydrogens is 337 g/mol. The average Bonchev–Trinajstić information content (AvgIpc) is 2.63. The standard InChI is InChI=1S/C19H20FN3O3/c1-12(21-17-8-4-6-13-5-2-3-7-15(13)17)19(24)22-14-9-10-16(20)18(11-14)23(25)26/h2-3,5,7,9-12,17,21H,4,6,8H2,1H3,(H,22,24)/p+1/t12-,17-/m0/s1. The Labute approximate surface area is 150 Å². The number of nitrogens with zero attached hydrogens (tertiary/aromatic N) is 1. The number of nitrogens with one attached hydrogen (secondary N) is 1. The molecule has 2 aromatic carbocycles. The highest BCUT2D eigenvalue weighted by Crippen LogP contribution is 2.27. The van der Waals surface area contributed by atoms with Crippen LogP contribution in [0, 0.1) is 15.9 Å². The van der Waals surface area contributed by atoms with Crippen molar-refractivity contribution in [1.82, 2.24) is 0 Å². The predicted molar refractivity (Wildman–Crippen MR) is 95.2 cm³/mol. The third kappa shape index (κ3) is 3.88. The third-order valence-corrected chi connectivity index (χ3v) is 4.76. The molecule has 3 N–H and O–H groups in total. The van der Waals surface area contributed by atoms with Crippen LogP contribution in [-0.4, -0.2) is 16.9 Å². The van der Waals surface area contributed by atoms with Crippen LogP contribution in [0.4, 0.5) is 15.8 Å². The second kappa shape index (κ2) is 7.61. The van der Waals surface area contributed by atoms with E-state index in [1.165, 1.54) is 17.2 Å². The van der Waals surface area contributed by atoms with Gasteiger partial charge in [0.1, 0.15) is 6.04 Å². The molecule has 0 radical (unpaired) electrons. The highest BCUT2D eigenvalue weighted by Gasteiger charge is 2.27. The molecular formula is C19H21FN3O3+. The maximum atomic E-state index is 13.4. The number of rotatable bonds is 5. The van der Waals surface area contributed by atoms with E-state index in [0.29, 0.717) is 0 Å². The number of amides is 1. The number of nitro groups is 1. The molecule has 0 saturated heterocycles. The van der Waals surface area contributed by atoms with Crippen LogP contribution in [-0.2, 0) is 11.2 Å². The molecule has 26 heavy (non-hydrogen) atoms. The van der Waals surface area contributed by atoms with Crippen molar-refractivity contribution >= 4 is 17.3 Å². The van der Waals surface area contributed by atoms with E-state index in [1.807, 2.05) is 17.4 Å². The number of benzene rings is 2. The first-order valence-electron chi connectivity index (χ1n) is 8.63. The first-order chi connectivity index (χ1) is 12.5. The fourth-order valence-corrected chi connectivity index (χ4v) is 3.41. The van der Waals surface area contributed by atoms with Crippen LogP contribution < -0.4 is 10.6 Å². The van der Waals surface area contributed by atoms with Gasteiger partial charge in [-0.05, 0) is 37.5 Å². The minimum absolute atomic E-state index is 0.211. The van der Waals surface area contributed by atoms with Crippen molar-refractivity contribution in [2.45, 2.75) is 38.3 Å². The quantitative estimate of drug-likeness (QED) is 0.636. The van der Waals surface area contributed by atoms with E-state index in [2.05, 4.69) is 17.4 Å². The van der Waals surface area contributed by atoms with E-state index < -0.39 is 16.4 Å². The molecule has 7 heteroatoms. The monoisotopic (exact) mass is 358 g/mol. The van der Waals surface area contributed by atoms with Gasteiger partial charge in [-0.1, -0.05) is 24.3 Å². The van der Waals surface area contributed by atoms with Crippen LogP contribution in [0.3, 0.4) is 0 Å². The normalized spacial score (nSPS) is 17.2. The first kappa shape index (κ1) is 18.0. The molecule has 0 saturated carbocycles. The molecule has 6 nitrogen and oxygen atoms in total. The van der Waals surface area contributed by atoms with Gasteiger partial charge in [-0.15, -0.1) is 0 Å². The molecule has 0 bridgehead atoms. The average molecular weight is 358 g/mol. The van der Waals surface area contributed by atoms with Gasteiger partial charge in [-0.2, -0.15) is 4.39 Å². The number of carbonyl (C=O) groups is 1. The van der Waals surface area contributed by atoms with Gasteiger partial charge in [-0.3, -0.25) is 14.9 Å². The van der Waals surface area contributed by atoms with Crippen LogP contribution in [0.2, 0.25) is 0 Å². The van der Waals surface area contributed by atoms with Gasteiger partial charge >= 0.3 is 5.69 Å². The van der Waals surface area contributed by atoms with Crippen LogP contribution >= 0.6 is 0 Å². The molecule has 0 aromatic heterocycles. The van der Waals surface area contributed by atoms with Crippen molar-refractivity contribution in [3.63, 3.8) is 0 Å². The molecule has 1 aliphatic rings. The van der Waals surface area contributed by atoms with E-state index in [-0.39, 0.29) is 23.7 Å². The topological polar surface area (TPSA) is 88.8 Å². The Morgan fingerprint density at radius 1 is 1.35 bits per heavy atom. The maximum absolute atomic E-state index is 13.4. The molecule has 1 amide bonds. The lowest BCUT2D eigenvalue weighted by atomic mass is 9.87. The first-order valence-corrected chi connectivity index (χ1v) is 8.63. The van der Waals surface area contributed by atoms with Gasteiger partial charge in [0.05, 0.1) is 4.92 Å². The summed E-state index contributed by atoms with van der Waals surface area (Å²) >= 11 is 0. The Bertz CT molecular complexity index is 841. The molecule has 2 atom stereocenters. The molecule has 0 heterocycles. The number of hydrogen-bond donors (Lipinski definition) is 2. The number of halogens is 1. The Hall–Kier alpha value is -2.80. The predicted octanol–water partition coefficient (Wildman–Crippen LogP) is 2.70. The summed E-state index contributed by atoms with van der Waals surface area (Å²) in [7, 11) is 0. The second-order valence-corrected chi connectivity index (χ2v) is 6.59. The fourth-order valence-electron chi connectivity index (χ4n) is 3.41. The van der Waals surface area contributed by atoms with Crippen molar-refractivity contribution in [3.8, 4) is 0 Å². The van der Waals surface area contributed by atoms with Crippen molar-refractivity contribution in [1.29, 1.82) is 0 Å². The molecule has 1 aliphatic carbocycles. The minimum Gasteiger partial charge on any atom is -0.330 e. The van der Waals surface area contributed by atoms with Crippen molar-refractivity contribution in [3.05, 3.63) is 69.5 Å². The Balaban J connectivity index is 1.68. The lowest BCUT2D eigenvalue weighted by Gasteiger charge is -2.26. The highest BCUT2D eigenvalue weighted by atomic mass is 19.1. The van der Waals surface area contributed by atoms with Crippen LogP contribution in [0.1, 0.15) is 36.9 Å². The van der Waals surface area contributed by atoms with E-state index in [1.54, 1.807) is 6.92 Å². The zero-order chi connectivity index (χ0) is 18.7. The van der Waals surface area contributed by atoms with E-state index in [0.717, 1.165) is 31.4 Å². The molecule has 0 unspecified atom stereocenters. The Morgan fingerprint density at radius 2 is 2.12 bits per heavy atom. The summed E-state index contributed by atoms with van der Waals surface area (Å²) in [6.45, 7) is 1.80. The molecule has 0 fully saturated rings. The fraction of sp³-hybridized carbons (Fsp3) is 0.316.